The Bertz CT molecular complexity index is 1360. The van der Waals surface area contributed by atoms with E-state index in [1.807, 2.05) is 0 Å². The molecular formula is C22H20F2N6O4. The summed E-state index contributed by atoms with van der Waals surface area (Å²) in [6.45, 7) is -0.136. The molecule has 5 rings (SSSR count). The maximum absolute atomic E-state index is 13.9. The third-order valence-corrected chi connectivity index (χ3v) is 5.25. The van der Waals surface area contributed by atoms with Gasteiger partial charge in [-0.3, -0.25) is 14.7 Å². The van der Waals surface area contributed by atoms with Crippen molar-refractivity contribution in [3.63, 3.8) is 0 Å². The van der Waals surface area contributed by atoms with E-state index in [2.05, 4.69) is 25.5 Å². The van der Waals surface area contributed by atoms with E-state index < -0.39 is 29.5 Å². The molecule has 0 aliphatic carbocycles. The number of hydrogen-bond donors (Lipinski definition) is 2. The number of nitrogens with one attached hydrogen (secondary N) is 2. The fraction of sp³-hybridized carbons (Fsp3) is 0.227. The number of ether oxygens (including phenoxy) is 1. The van der Waals surface area contributed by atoms with Gasteiger partial charge in [0.1, 0.15) is 41.4 Å². The predicted octanol–water partition coefficient (Wildman–Crippen LogP) is 2.60. The number of likely N-dealkylation sites (N-methyl/N-ethyl adjacent to an activating group) is 1. The Labute approximate surface area is 191 Å². The Morgan fingerprint density at radius 1 is 1.29 bits per heavy atom. The fourth-order valence-electron chi connectivity index (χ4n) is 3.52. The Balaban J connectivity index is 0.00000274. The first-order chi connectivity index (χ1) is 15.9. The van der Waals surface area contributed by atoms with Gasteiger partial charge in [0.2, 0.25) is 5.82 Å². The number of halogens is 2. The van der Waals surface area contributed by atoms with Crippen LogP contribution in [0.2, 0.25) is 0 Å². The number of amides is 2. The van der Waals surface area contributed by atoms with Crippen molar-refractivity contribution in [1.29, 1.82) is 0 Å². The highest BCUT2D eigenvalue weighted by molar-refractivity contribution is 6.03. The van der Waals surface area contributed by atoms with Gasteiger partial charge in [-0.05, 0) is 12.1 Å². The molecule has 2 aromatic heterocycles. The van der Waals surface area contributed by atoms with Crippen molar-refractivity contribution in [2.45, 2.75) is 19.9 Å². The maximum atomic E-state index is 13.9. The van der Waals surface area contributed by atoms with Crippen molar-refractivity contribution in [2.24, 2.45) is 0 Å². The predicted molar refractivity (Wildman–Crippen MR) is 116 cm³/mol. The molecule has 0 saturated heterocycles. The molecule has 10 nitrogen and oxygen atoms in total. The Kier molecular flexibility index (Phi) is 5.97. The van der Waals surface area contributed by atoms with E-state index in [1.54, 1.807) is 19.2 Å². The van der Waals surface area contributed by atoms with Gasteiger partial charge in [0, 0.05) is 31.2 Å². The smallest absolute Gasteiger partial charge is 0.291 e. The van der Waals surface area contributed by atoms with Crippen molar-refractivity contribution in [3.8, 4) is 5.75 Å². The van der Waals surface area contributed by atoms with Gasteiger partial charge in [0.15, 0.2) is 12.0 Å². The quantitative estimate of drug-likeness (QED) is 0.470. The summed E-state index contributed by atoms with van der Waals surface area (Å²) in [4.78, 5) is 35.0. The third kappa shape index (κ3) is 4.05. The molecule has 176 valence electrons. The SMILES string of the molecule is C.CN1C(=O)[C@@H](NC(=O)c2n[nH]c(Cc3c(F)cccc3F)n2)COc2cc3ncoc3cc21. The van der Waals surface area contributed by atoms with Crippen molar-refractivity contribution >= 4 is 28.6 Å². The molecule has 4 aromatic rings. The van der Waals surface area contributed by atoms with Crippen LogP contribution < -0.4 is 15.0 Å². The van der Waals surface area contributed by atoms with Crippen LogP contribution in [0.15, 0.2) is 41.1 Å². The van der Waals surface area contributed by atoms with Crippen molar-refractivity contribution in [3.05, 3.63) is 65.6 Å². The zero-order chi connectivity index (χ0) is 23.1. The number of aromatic amines is 1. The first-order valence-corrected chi connectivity index (χ1v) is 9.83. The van der Waals surface area contributed by atoms with Crippen LogP contribution in [0.3, 0.4) is 0 Å². The second kappa shape index (κ2) is 8.89. The molecule has 34 heavy (non-hydrogen) atoms. The summed E-state index contributed by atoms with van der Waals surface area (Å²) in [5.41, 5.74) is 1.32. The Morgan fingerprint density at radius 2 is 2.06 bits per heavy atom. The fourth-order valence-corrected chi connectivity index (χ4v) is 3.52. The first-order valence-electron chi connectivity index (χ1n) is 9.83. The van der Waals surface area contributed by atoms with Gasteiger partial charge >= 0.3 is 0 Å². The summed E-state index contributed by atoms with van der Waals surface area (Å²) in [7, 11) is 1.55. The van der Waals surface area contributed by atoms with Crippen LogP contribution in [-0.4, -0.2) is 51.7 Å². The van der Waals surface area contributed by atoms with Crippen molar-refractivity contribution in [2.75, 3.05) is 18.6 Å². The highest BCUT2D eigenvalue weighted by Crippen LogP contribution is 2.34. The molecule has 0 saturated carbocycles. The monoisotopic (exact) mass is 470 g/mol. The minimum absolute atomic E-state index is 0. The van der Waals surface area contributed by atoms with E-state index in [-0.39, 0.29) is 37.7 Å². The summed E-state index contributed by atoms with van der Waals surface area (Å²) < 4.78 is 38.7. The van der Waals surface area contributed by atoms with E-state index in [0.717, 1.165) is 12.1 Å². The van der Waals surface area contributed by atoms with Gasteiger partial charge in [-0.1, -0.05) is 13.5 Å². The number of oxazole rings is 1. The first kappa shape index (κ1) is 22.8. The standard InChI is InChI=1S/C21H16F2N6O4.CH4/c1-29-15-7-16-13(24-9-33-16)6-17(15)32-8-14(21(29)31)25-20(30)19-26-18(27-28-19)5-10-11(22)3-2-4-12(10)23;/h2-4,6-7,9,14H,5,8H2,1H3,(H,25,30)(H,26,27,28);1H4/t14-;/m0./s1. The Morgan fingerprint density at radius 3 is 2.82 bits per heavy atom. The molecule has 1 atom stereocenters. The minimum Gasteiger partial charge on any atom is -0.489 e. The molecule has 1 aliphatic heterocycles. The van der Waals surface area contributed by atoms with Crippen LogP contribution in [0, 0.1) is 11.6 Å². The number of carbonyl (C=O) groups is 2. The van der Waals surface area contributed by atoms with Crippen LogP contribution in [-0.2, 0) is 11.2 Å². The van der Waals surface area contributed by atoms with E-state index in [4.69, 9.17) is 9.15 Å². The van der Waals surface area contributed by atoms with E-state index in [1.165, 1.54) is 17.4 Å². The number of carbonyl (C=O) groups excluding carboxylic acids is 2. The van der Waals surface area contributed by atoms with Gasteiger partial charge in [0.05, 0.1) is 5.69 Å². The average Bonchev–Trinajstić information content (AvgIpc) is 3.44. The molecule has 2 aromatic carbocycles. The Hall–Kier alpha value is -4.35. The molecular weight excluding hydrogens is 450 g/mol. The molecule has 1 aliphatic rings. The average molecular weight is 470 g/mol. The summed E-state index contributed by atoms with van der Waals surface area (Å²) in [6, 6.07) is 5.75. The number of fused-ring (bicyclic) bond motifs is 2. The molecule has 0 fully saturated rings. The van der Waals surface area contributed by atoms with E-state index in [0.29, 0.717) is 22.5 Å². The van der Waals surface area contributed by atoms with Gasteiger partial charge in [-0.25, -0.2) is 18.7 Å². The normalized spacial score (nSPS) is 15.3. The van der Waals surface area contributed by atoms with Gasteiger partial charge in [-0.15, -0.1) is 5.10 Å². The van der Waals surface area contributed by atoms with Crippen LogP contribution in [0.25, 0.3) is 11.1 Å². The molecule has 0 radical (unpaired) electrons. The molecule has 2 N–H and O–H groups in total. The largest absolute Gasteiger partial charge is 0.489 e. The number of rotatable bonds is 4. The van der Waals surface area contributed by atoms with Crippen LogP contribution in [0.1, 0.15) is 29.4 Å². The number of anilines is 1. The second-order valence-electron chi connectivity index (χ2n) is 7.36. The topological polar surface area (TPSA) is 126 Å². The second-order valence-corrected chi connectivity index (χ2v) is 7.36. The van der Waals surface area contributed by atoms with Crippen LogP contribution in [0.5, 0.6) is 5.75 Å². The lowest BCUT2D eigenvalue weighted by Crippen LogP contribution is -2.49. The highest BCUT2D eigenvalue weighted by Gasteiger charge is 2.32. The molecule has 3 heterocycles. The molecule has 0 bridgehead atoms. The van der Waals surface area contributed by atoms with E-state index >= 15 is 0 Å². The van der Waals surface area contributed by atoms with Gasteiger partial charge in [-0.2, -0.15) is 0 Å². The van der Waals surface area contributed by atoms with Gasteiger partial charge < -0.3 is 19.4 Å². The summed E-state index contributed by atoms with van der Waals surface area (Å²) in [5, 5.41) is 8.82. The third-order valence-electron chi connectivity index (χ3n) is 5.25. The molecule has 0 spiro atoms. The highest BCUT2D eigenvalue weighted by atomic mass is 19.1. The summed E-state index contributed by atoms with van der Waals surface area (Å²) in [5.74, 6) is -2.41. The number of aromatic nitrogens is 4. The summed E-state index contributed by atoms with van der Waals surface area (Å²) >= 11 is 0. The minimum atomic E-state index is -1.03. The molecule has 0 unspecified atom stereocenters. The zero-order valence-corrected chi connectivity index (χ0v) is 17.1. The number of H-pyrrole nitrogens is 1. The van der Waals surface area contributed by atoms with Crippen LogP contribution in [0.4, 0.5) is 14.5 Å². The van der Waals surface area contributed by atoms with Crippen molar-refractivity contribution < 1.29 is 27.5 Å². The maximum Gasteiger partial charge on any atom is 0.291 e. The molecule has 12 heteroatoms. The lowest BCUT2D eigenvalue weighted by atomic mass is 10.1. The van der Waals surface area contributed by atoms with Crippen LogP contribution >= 0.6 is 0 Å². The molecule has 2 amide bonds. The van der Waals surface area contributed by atoms with E-state index in [9.17, 15) is 18.4 Å². The summed E-state index contributed by atoms with van der Waals surface area (Å²) in [6.07, 6.45) is 1.07. The lowest BCUT2D eigenvalue weighted by molar-refractivity contribution is -0.120. The van der Waals surface area contributed by atoms with Crippen molar-refractivity contribution in [1.82, 2.24) is 25.5 Å². The number of nitrogens with zero attached hydrogens (tertiary/aromatic N) is 4. The lowest BCUT2D eigenvalue weighted by Gasteiger charge is -2.19. The number of hydrogen-bond acceptors (Lipinski definition) is 7. The van der Waals surface area contributed by atoms with Gasteiger partial charge in [0.25, 0.3) is 11.8 Å². The number of benzene rings is 2. The zero-order valence-electron chi connectivity index (χ0n) is 17.1.